The summed E-state index contributed by atoms with van der Waals surface area (Å²) in [5.41, 5.74) is 8.14. The second kappa shape index (κ2) is 2.85. The quantitative estimate of drug-likeness (QED) is 0.460. The molecule has 0 bridgehead atoms. The Kier molecular flexibility index (Phi) is 1.67. The van der Waals surface area contributed by atoms with Crippen molar-refractivity contribution < 1.29 is 0 Å². The summed E-state index contributed by atoms with van der Waals surface area (Å²) < 4.78 is 0. The van der Waals surface area contributed by atoms with Crippen molar-refractivity contribution in [3.05, 3.63) is 30.3 Å². The topological polar surface area (TPSA) is 50.1 Å². The van der Waals surface area contributed by atoms with Gasteiger partial charge in [0.2, 0.25) is 0 Å². The second-order valence-corrected chi connectivity index (χ2v) is 4.38. The summed E-state index contributed by atoms with van der Waals surface area (Å²) in [6, 6.07) is 9.87. The largest absolute Gasteiger partial charge is 0.398 e. The zero-order valence-corrected chi connectivity index (χ0v) is 9.04. The van der Waals surface area contributed by atoms with Crippen LogP contribution >= 0.6 is 0 Å². The van der Waals surface area contributed by atoms with Crippen LogP contribution in [0.4, 0.5) is 17.1 Å². The Morgan fingerprint density at radius 1 is 1.12 bits per heavy atom. The molecule has 0 aromatic heterocycles. The molecule has 1 unspecified atom stereocenters. The Morgan fingerprint density at radius 2 is 1.81 bits per heavy atom. The SMILES string of the molecule is [B]C1(C)Nc2cccc3c(N)ccc(c23)N1. The molecule has 1 heterocycles. The molecule has 0 spiro atoms. The average Bonchev–Trinajstić information content (AvgIpc) is 2.21. The molecule has 3 rings (SSSR count). The Morgan fingerprint density at radius 3 is 2.56 bits per heavy atom. The van der Waals surface area contributed by atoms with Gasteiger partial charge in [-0.25, -0.2) is 0 Å². The smallest absolute Gasteiger partial charge is 0.133 e. The minimum atomic E-state index is -0.628. The highest BCUT2D eigenvalue weighted by Crippen LogP contribution is 2.38. The summed E-state index contributed by atoms with van der Waals surface area (Å²) in [5, 5.41) is 8.63. The number of anilines is 3. The van der Waals surface area contributed by atoms with Gasteiger partial charge in [0.25, 0.3) is 0 Å². The number of nitrogens with one attached hydrogen (secondary N) is 2. The van der Waals surface area contributed by atoms with E-state index in [1.54, 1.807) is 0 Å². The van der Waals surface area contributed by atoms with Crippen LogP contribution in [0, 0.1) is 0 Å². The van der Waals surface area contributed by atoms with Gasteiger partial charge in [0.05, 0.1) is 5.56 Å². The zero-order valence-electron chi connectivity index (χ0n) is 9.04. The van der Waals surface area contributed by atoms with E-state index in [1.165, 1.54) is 0 Å². The minimum Gasteiger partial charge on any atom is -0.398 e. The van der Waals surface area contributed by atoms with Gasteiger partial charge >= 0.3 is 0 Å². The molecule has 4 N–H and O–H groups in total. The summed E-state index contributed by atoms with van der Waals surface area (Å²) in [4.78, 5) is 0. The van der Waals surface area contributed by atoms with Gasteiger partial charge in [0, 0.05) is 27.8 Å². The van der Waals surface area contributed by atoms with Gasteiger partial charge in [0.1, 0.15) is 7.85 Å². The lowest BCUT2D eigenvalue weighted by molar-refractivity contribution is 0.819. The first kappa shape index (κ1) is 9.40. The lowest BCUT2D eigenvalue weighted by Gasteiger charge is -2.36. The van der Waals surface area contributed by atoms with E-state index in [0.29, 0.717) is 0 Å². The van der Waals surface area contributed by atoms with Gasteiger partial charge < -0.3 is 16.4 Å². The first-order valence-electron chi connectivity index (χ1n) is 5.23. The van der Waals surface area contributed by atoms with Crippen LogP contribution in [0.25, 0.3) is 10.8 Å². The summed E-state index contributed by atoms with van der Waals surface area (Å²) in [5.74, 6) is 0. The summed E-state index contributed by atoms with van der Waals surface area (Å²) in [7, 11) is 6.05. The first-order chi connectivity index (χ1) is 7.57. The first-order valence-corrected chi connectivity index (χ1v) is 5.23. The van der Waals surface area contributed by atoms with Crippen LogP contribution in [-0.4, -0.2) is 13.4 Å². The van der Waals surface area contributed by atoms with Crippen LogP contribution in [-0.2, 0) is 0 Å². The van der Waals surface area contributed by atoms with Crippen molar-refractivity contribution in [1.29, 1.82) is 0 Å². The van der Waals surface area contributed by atoms with Gasteiger partial charge in [-0.15, -0.1) is 0 Å². The average molecular weight is 209 g/mol. The molecule has 2 aromatic rings. The molecule has 2 aromatic carbocycles. The standard InChI is InChI=1S/C12H12BN3/c1-12(13)15-9-4-2-3-7-8(14)5-6-10(16-12)11(7)9/h2-6,15-16H,14H2,1H3. The number of hydrogen-bond donors (Lipinski definition) is 3. The highest BCUT2D eigenvalue weighted by molar-refractivity contribution is 6.22. The third kappa shape index (κ3) is 1.23. The van der Waals surface area contributed by atoms with Crippen LogP contribution < -0.4 is 16.4 Å². The van der Waals surface area contributed by atoms with Crippen molar-refractivity contribution in [2.45, 2.75) is 12.5 Å². The Bertz CT molecular complexity index is 563. The fourth-order valence-electron chi connectivity index (χ4n) is 2.23. The summed E-state index contributed by atoms with van der Waals surface area (Å²) >= 11 is 0. The predicted octanol–water partition coefficient (Wildman–Crippen LogP) is 2.10. The van der Waals surface area contributed by atoms with Gasteiger partial charge in [0.15, 0.2) is 0 Å². The Hall–Kier alpha value is -1.84. The van der Waals surface area contributed by atoms with Gasteiger partial charge in [-0.3, -0.25) is 0 Å². The van der Waals surface area contributed by atoms with Gasteiger partial charge in [-0.1, -0.05) is 12.1 Å². The van der Waals surface area contributed by atoms with E-state index in [9.17, 15) is 0 Å². The molecule has 78 valence electrons. The number of rotatable bonds is 0. The molecule has 16 heavy (non-hydrogen) atoms. The van der Waals surface area contributed by atoms with E-state index in [-0.39, 0.29) is 0 Å². The molecular weight excluding hydrogens is 197 g/mol. The Balaban J connectivity index is 2.39. The van der Waals surface area contributed by atoms with Crippen LogP contribution in [0.15, 0.2) is 30.3 Å². The van der Waals surface area contributed by atoms with E-state index < -0.39 is 5.56 Å². The molecule has 0 amide bonds. The van der Waals surface area contributed by atoms with Crippen molar-refractivity contribution in [3.8, 4) is 0 Å². The third-order valence-electron chi connectivity index (χ3n) is 2.86. The lowest BCUT2D eigenvalue weighted by atomic mass is 9.85. The van der Waals surface area contributed by atoms with Crippen LogP contribution in [0.1, 0.15) is 6.92 Å². The second-order valence-electron chi connectivity index (χ2n) is 4.38. The molecule has 0 saturated carbocycles. The van der Waals surface area contributed by atoms with E-state index in [2.05, 4.69) is 10.6 Å². The fourth-order valence-corrected chi connectivity index (χ4v) is 2.23. The summed E-state index contributed by atoms with van der Waals surface area (Å²) in [6.07, 6.45) is 0. The van der Waals surface area contributed by atoms with Crippen molar-refractivity contribution >= 4 is 35.7 Å². The Labute approximate surface area is 95.4 Å². The molecule has 3 nitrogen and oxygen atoms in total. The monoisotopic (exact) mass is 209 g/mol. The molecule has 0 fully saturated rings. The predicted molar refractivity (Wildman–Crippen MR) is 69.8 cm³/mol. The number of benzene rings is 2. The molecule has 0 saturated heterocycles. The van der Waals surface area contributed by atoms with Crippen molar-refractivity contribution in [2.75, 3.05) is 16.4 Å². The van der Waals surface area contributed by atoms with Crippen molar-refractivity contribution in [2.24, 2.45) is 0 Å². The van der Waals surface area contributed by atoms with E-state index in [1.807, 2.05) is 37.3 Å². The molecular formula is C12H12BN3. The van der Waals surface area contributed by atoms with Crippen molar-refractivity contribution in [3.63, 3.8) is 0 Å². The van der Waals surface area contributed by atoms with Crippen LogP contribution in [0.2, 0.25) is 0 Å². The third-order valence-corrected chi connectivity index (χ3v) is 2.86. The highest BCUT2D eigenvalue weighted by Gasteiger charge is 2.24. The minimum absolute atomic E-state index is 0.628. The van der Waals surface area contributed by atoms with E-state index in [4.69, 9.17) is 13.6 Å². The number of nitrogen functional groups attached to an aromatic ring is 1. The van der Waals surface area contributed by atoms with Gasteiger partial charge in [-0.2, -0.15) is 0 Å². The maximum atomic E-state index is 6.05. The maximum Gasteiger partial charge on any atom is 0.133 e. The fraction of sp³-hybridized carbons (Fsp3) is 0.167. The molecule has 4 heteroatoms. The molecule has 0 aliphatic carbocycles. The van der Waals surface area contributed by atoms with Crippen LogP contribution in [0.3, 0.4) is 0 Å². The summed E-state index contributed by atoms with van der Waals surface area (Å²) in [6.45, 7) is 1.89. The van der Waals surface area contributed by atoms with Gasteiger partial charge in [-0.05, 0) is 25.1 Å². The molecule has 1 atom stereocenters. The number of hydrogen-bond acceptors (Lipinski definition) is 3. The van der Waals surface area contributed by atoms with E-state index >= 15 is 0 Å². The molecule has 1 aliphatic rings. The molecule has 2 radical (unpaired) electrons. The van der Waals surface area contributed by atoms with Crippen LogP contribution in [0.5, 0.6) is 0 Å². The van der Waals surface area contributed by atoms with E-state index in [0.717, 1.165) is 27.8 Å². The molecule has 1 aliphatic heterocycles. The maximum absolute atomic E-state index is 6.05. The lowest BCUT2D eigenvalue weighted by Crippen LogP contribution is -2.45. The highest BCUT2D eigenvalue weighted by atomic mass is 15.2. The number of nitrogens with two attached hydrogens (primary N) is 1. The van der Waals surface area contributed by atoms with Crippen molar-refractivity contribution in [1.82, 2.24) is 0 Å². The zero-order chi connectivity index (χ0) is 11.3. The normalized spacial score (nSPS) is 22.6.